The maximum atomic E-state index is 6.43. The molecule has 0 saturated carbocycles. The number of fused-ring (bicyclic) bond motifs is 4. The van der Waals surface area contributed by atoms with Crippen molar-refractivity contribution in [2.75, 3.05) is 44.2 Å². The van der Waals surface area contributed by atoms with Crippen LogP contribution < -0.4 is 14.4 Å². The molecule has 0 spiro atoms. The van der Waals surface area contributed by atoms with Gasteiger partial charge in [-0.25, -0.2) is 0 Å². The molecule has 0 bridgehead atoms. The number of piperazine rings is 1. The molecule has 0 aliphatic carbocycles. The minimum atomic E-state index is 0.0293. The van der Waals surface area contributed by atoms with Gasteiger partial charge in [-0.2, -0.15) is 0 Å². The number of hydrogen-bond acceptors (Lipinski definition) is 5. The number of pyridine rings is 1. The summed E-state index contributed by atoms with van der Waals surface area (Å²) in [6.45, 7) is 7.56. The minimum absolute atomic E-state index is 0.0293. The molecule has 0 unspecified atom stereocenters. The summed E-state index contributed by atoms with van der Waals surface area (Å²) >= 11 is 0. The maximum absolute atomic E-state index is 6.43. The van der Waals surface area contributed by atoms with Gasteiger partial charge in [0.2, 0.25) is 0 Å². The van der Waals surface area contributed by atoms with E-state index in [2.05, 4.69) is 63.3 Å². The van der Waals surface area contributed by atoms with Gasteiger partial charge < -0.3 is 14.4 Å². The minimum Gasteiger partial charge on any atom is -0.486 e. The van der Waals surface area contributed by atoms with Gasteiger partial charge in [0.15, 0.2) is 11.5 Å². The second-order valence-corrected chi connectivity index (χ2v) is 8.78. The quantitative estimate of drug-likeness (QED) is 0.477. The van der Waals surface area contributed by atoms with Crippen LogP contribution >= 0.6 is 0 Å². The first-order valence-electron chi connectivity index (χ1n) is 11.4. The van der Waals surface area contributed by atoms with Crippen LogP contribution in [0.3, 0.4) is 0 Å². The second-order valence-electron chi connectivity index (χ2n) is 8.78. The summed E-state index contributed by atoms with van der Waals surface area (Å²) in [5, 5.41) is 3.62. The maximum Gasteiger partial charge on any atom is 0.171 e. The molecule has 3 aromatic carbocycles. The Hall–Kier alpha value is -3.31. The molecule has 2 aliphatic heterocycles. The zero-order valence-electron chi connectivity index (χ0n) is 18.3. The number of nitrogens with zero attached hydrogens (tertiary/aromatic N) is 3. The van der Waals surface area contributed by atoms with Gasteiger partial charge in [0.25, 0.3) is 0 Å². The molecule has 0 radical (unpaired) electrons. The first-order valence-corrected chi connectivity index (χ1v) is 11.4. The fourth-order valence-electron chi connectivity index (χ4n) is 4.82. The highest BCUT2D eigenvalue weighted by atomic mass is 16.6. The zero-order valence-corrected chi connectivity index (χ0v) is 18.3. The van der Waals surface area contributed by atoms with Crippen LogP contribution in [0.15, 0.2) is 66.7 Å². The highest BCUT2D eigenvalue weighted by Crippen LogP contribution is 2.38. The lowest BCUT2D eigenvalue weighted by molar-refractivity contribution is 0.0587. The van der Waals surface area contributed by atoms with Crippen molar-refractivity contribution in [3.8, 4) is 11.5 Å². The van der Waals surface area contributed by atoms with E-state index in [1.54, 1.807) is 0 Å². The fourth-order valence-corrected chi connectivity index (χ4v) is 4.82. The highest BCUT2D eigenvalue weighted by Gasteiger charge is 2.27. The predicted octanol–water partition coefficient (Wildman–Crippen LogP) is 4.66. The molecule has 6 rings (SSSR count). The molecule has 1 fully saturated rings. The summed E-state index contributed by atoms with van der Waals surface area (Å²) in [5.74, 6) is 1.65. The summed E-state index contributed by atoms with van der Waals surface area (Å²) in [7, 11) is 0. The van der Waals surface area contributed by atoms with Crippen molar-refractivity contribution >= 4 is 27.4 Å². The summed E-state index contributed by atoms with van der Waals surface area (Å²) < 4.78 is 12.5. The van der Waals surface area contributed by atoms with Gasteiger partial charge in [-0.1, -0.05) is 30.3 Å². The van der Waals surface area contributed by atoms with Crippen molar-refractivity contribution in [2.24, 2.45) is 0 Å². The zero-order chi connectivity index (χ0) is 21.5. The number of aromatic nitrogens is 1. The first kappa shape index (κ1) is 19.4. The lowest BCUT2D eigenvalue weighted by Crippen LogP contribution is -2.50. The van der Waals surface area contributed by atoms with Crippen LogP contribution in [0.5, 0.6) is 11.5 Å². The molecule has 2 aliphatic rings. The van der Waals surface area contributed by atoms with E-state index in [-0.39, 0.29) is 6.10 Å². The Labute approximate surface area is 188 Å². The van der Waals surface area contributed by atoms with E-state index in [1.165, 1.54) is 16.5 Å². The Morgan fingerprint density at radius 1 is 0.906 bits per heavy atom. The summed E-state index contributed by atoms with van der Waals surface area (Å²) in [6.07, 6.45) is 0.0293. The predicted molar refractivity (Wildman–Crippen MR) is 129 cm³/mol. The lowest BCUT2D eigenvalue weighted by atomic mass is 10.1. The lowest BCUT2D eigenvalue weighted by Gasteiger charge is -2.38. The van der Waals surface area contributed by atoms with E-state index in [0.29, 0.717) is 6.61 Å². The van der Waals surface area contributed by atoms with Gasteiger partial charge in [-0.3, -0.25) is 9.88 Å². The Kier molecular flexibility index (Phi) is 4.84. The molecule has 1 atom stereocenters. The van der Waals surface area contributed by atoms with Crippen molar-refractivity contribution in [3.05, 3.63) is 72.4 Å². The summed E-state index contributed by atoms with van der Waals surface area (Å²) in [6, 6.07) is 23.4. The van der Waals surface area contributed by atoms with Gasteiger partial charge in [0, 0.05) is 49.5 Å². The third-order valence-electron chi connectivity index (χ3n) is 6.57. The fraction of sp³-hybridized carbons (Fsp3) is 0.296. The van der Waals surface area contributed by atoms with E-state index < -0.39 is 0 Å². The smallest absolute Gasteiger partial charge is 0.171 e. The SMILES string of the molecule is Cc1ccc2c3c(ccc2n1)OC[C@H](CN1CCN(c2ccc4ccccc4c2)CC1)O3. The van der Waals surface area contributed by atoms with Crippen LogP contribution in [-0.2, 0) is 0 Å². The summed E-state index contributed by atoms with van der Waals surface area (Å²) in [4.78, 5) is 9.60. The Morgan fingerprint density at radius 3 is 2.62 bits per heavy atom. The molecule has 32 heavy (non-hydrogen) atoms. The number of hydrogen-bond donors (Lipinski definition) is 0. The van der Waals surface area contributed by atoms with E-state index in [1.807, 2.05) is 25.1 Å². The van der Waals surface area contributed by atoms with Crippen LogP contribution in [0.4, 0.5) is 5.69 Å². The molecular weight excluding hydrogens is 398 g/mol. The van der Waals surface area contributed by atoms with Crippen LogP contribution in [0.25, 0.3) is 21.7 Å². The molecule has 0 N–H and O–H groups in total. The van der Waals surface area contributed by atoms with Gasteiger partial charge in [-0.15, -0.1) is 0 Å². The van der Waals surface area contributed by atoms with Crippen molar-refractivity contribution < 1.29 is 9.47 Å². The normalized spacial score (nSPS) is 18.9. The number of ether oxygens (including phenoxy) is 2. The standard InChI is InChI=1S/C27H27N3O2/c1-19-6-9-24-25(28-19)10-11-26-27(24)32-23(18-31-26)17-29-12-14-30(15-13-29)22-8-7-20-4-2-3-5-21(20)16-22/h2-11,16,23H,12-15,17-18H2,1H3/t23-/m0/s1. The molecule has 5 heteroatoms. The first-order chi connectivity index (χ1) is 15.7. The molecule has 1 saturated heterocycles. The van der Waals surface area contributed by atoms with Crippen molar-refractivity contribution in [1.82, 2.24) is 9.88 Å². The summed E-state index contributed by atoms with van der Waals surface area (Å²) in [5.41, 5.74) is 3.27. The molecule has 0 amide bonds. The number of benzene rings is 3. The Morgan fingerprint density at radius 2 is 1.75 bits per heavy atom. The molecule has 5 nitrogen and oxygen atoms in total. The number of anilines is 1. The topological polar surface area (TPSA) is 37.8 Å². The van der Waals surface area contributed by atoms with Gasteiger partial charge in [0.1, 0.15) is 12.7 Å². The average Bonchev–Trinajstić information content (AvgIpc) is 2.84. The van der Waals surface area contributed by atoms with Crippen LogP contribution in [0, 0.1) is 6.92 Å². The molecule has 4 aromatic rings. The largest absolute Gasteiger partial charge is 0.486 e. The Balaban J connectivity index is 1.11. The third-order valence-corrected chi connectivity index (χ3v) is 6.57. The van der Waals surface area contributed by atoms with Crippen LogP contribution in [-0.4, -0.2) is 55.3 Å². The van der Waals surface area contributed by atoms with E-state index in [0.717, 1.165) is 60.8 Å². The van der Waals surface area contributed by atoms with Gasteiger partial charge in [0.05, 0.1) is 5.52 Å². The van der Waals surface area contributed by atoms with Gasteiger partial charge >= 0.3 is 0 Å². The molecule has 3 heterocycles. The molecule has 162 valence electrons. The van der Waals surface area contributed by atoms with Crippen molar-refractivity contribution in [2.45, 2.75) is 13.0 Å². The van der Waals surface area contributed by atoms with E-state index >= 15 is 0 Å². The second kappa shape index (κ2) is 7.99. The molecular formula is C27H27N3O2. The van der Waals surface area contributed by atoms with Gasteiger partial charge in [-0.05, 0) is 54.1 Å². The van der Waals surface area contributed by atoms with Crippen LogP contribution in [0.1, 0.15) is 5.69 Å². The Bertz CT molecular complexity index is 1280. The third kappa shape index (κ3) is 3.63. The van der Waals surface area contributed by atoms with E-state index in [9.17, 15) is 0 Å². The van der Waals surface area contributed by atoms with Crippen molar-refractivity contribution in [3.63, 3.8) is 0 Å². The van der Waals surface area contributed by atoms with E-state index in [4.69, 9.17) is 9.47 Å². The average molecular weight is 426 g/mol. The van der Waals surface area contributed by atoms with Crippen LogP contribution in [0.2, 0.25) is 0 Å². The number of rotatable bonds is 3. The monoisotopic (exact) mass is 425 g/mol. The molecule has 1 aromatic heterocycles. The highest BCUT2D eigenvalue weighted by molar-refractivity contribution is 5.88. The van der Waals surface area contributed by atoms with Crippen molar-refractivity contribution in [1.29, 1.82) is 0 Å². The number of aryl methyl sites for hydroxylation is 1.